The predicted molar refractivity (Wildman–Crippen MR) is 112 cm³/mol. The van der Waals surface area contributed by atoms with Gasteiger partial charge in [-0.05, 0) is 41.0 Å². The van der Waals surface area contributed by atoms with Crippen LogP contribution in [0.1, 0.15) is 5.56 Å². The predicted octanol–water partition coefficient (Wildman–Crippen LogP) is 4.99. The summed E-state index contributed by atoms with van der Waals surface area (Å²) in [4.78, 5) is 20.9. The molecule has 4 rings (SSSR count). The lowest BCUT2D eigenvalue weighted by atomic mass is 10.0. The van der Waals surface area contributed by atoms with Crippen LogP contribution in [0.25, 0.3) is 22.4 Å². The first-order chi connectivity index (χ1) is 13.8. The zero-order valence-corrected chi connectivity index (χ0v) is 15.2. The Kier molecular flexibility index (Phi) is 5.20. The number of hydrogen-bond donors (Lipinski definition) is 1. The Bertz CT molecular complexity index is 1060. The first kappa shape index (κ1) is 17.6. The van der Waals surface area contributed by atoms with Gasteiger partial charge in [0.15, 0.2) is 0 Å². The summed E-state index contributed by atoms with van der Waals surface area (Å²) in [5.74, 6) is -0.0684. The number of hydrogen-bond acceptors (Lipinski definition) is 3. The third-order valence-electron chi connectivity index (χ3n) is 4.42. The second-order valence-corrected chi connectivity index (χ2v) is 6.46. The molecule has 0 unspecified atom stereocenters. The molecule has 2 aromatic heterocycles. The molecule has 0 aliphatic rings. The monoisotopic (exact) mass is 365 g/mol. The molecule has 4 aromatic rings. The van der Waals surface area contributed by atoms with Crippen LogP contribution < -0.4 is 5.32 Å². The zero-order valence-electron chi connectivity index (χ0n) is 15.2. The lowest BCUT2D eigenvalue weighted by Crippen LogP contribution is -2.14. The summed E-state index contributed by atoms with van der Waals surface area (Å²) >= 11 is 0. The van der Waals surface area contributed by atoms with Crippen LogP contribution >= 0.6 is 0 Å². The highest BCUT2D eigenvalue weighted by Gasteiger charge is 2.07. The van der Waals surface area contributed by atoms with Crippen LogP contribution in [0.15, 0.2) is 97.5 Å². The van der Waals surface area contributed by atoms with Crippen molar-refractivity contribution in [3.05, 3.63) is 103 Å². The van der Waals surface area contributed by atoms with Crippen LogP contribution in [0, 0.1) is 0 Å². The molecule has 0 aliphatic carbocycles. The molecular formula is C24H19N3O. The van der Waals surface area contributed by atoms with E-state index < -0.39 is 0 Å². The van der Waals surface area contributed by atoms with E-state index in [0.717, 1.165) is 27.9 Å². The Hall–Kier alpha value is -3.79. The van der Waals surface area contributed by atoms with Gasteiger partial charge in [0, 0.05) is 18.0 Å². The Morgan fingerprint density at radius 1 is 0.786 bits per heavy atom. The lowest BCUT2D eigenvalue weighted by Gasteiger charge is -2.08. The van der Waals surface area contributed by atoms with Crippen molar-refractivity contribution in [1.29, 1.82) is 0 Å². The summed E-state index contributed by atoms with van der Waals surface area (Å²) < 4.78 is 0. The van der Waals surface area contributed by atoms with Gasteiger partial charge < -0.3 is 5.32 Å². The molecule has 0 bridgehead atoms. The van der Waals surface area contributed by atoms with E-state index in [-0.39, 0.29) is 5.91 Å². The van der Waals surface area contributed by atoms with Crippen molar-refractivity contribution < 1.29 is 4.79 Å². The van der Waals surface area contributed by atoms with Crippen molar-refractivity contribution in [2.75, 3.05) is 5.32 Å². The van der Waals surface area contributed by atoms with Gasteiger partial charge in [0.05, 0.1) is 24.0 Å². The maximum atomic E-state index is 12.4. The number of nitrogens with zero attached hydrogens (tertiary/aromatic N) is 2. The van der Waals surface area contributed by atoms with E-state index in [1.54, 1.807) is 18.6 Å². The smallest absolute Gasteiger partial charge is 0.228 e. The van der Waals surface area contributed by atoms with Gasteiger partial charge >= 0.3 is 0 Å². The highest BCUT2D eigenvalue weighted by Crippen LogP contribution is 2.21. The number of aromatic nitrogens is 2. The second kappa shape index (κ2) is 8.27. The molecule has 0 fully saturated rings. The highest BCUT2D eigenvalue weighted by molar-refractivity contribution is 5.92. The van der Waals surface area contributed by atoms with E-state index in [4.69, 9.17) is 0 Å². The molecule has 28 heavy (non-hydrogen) atoms. The summed E-state index contributed by atoms with van der Waals surface area (Å²) in [5, 5.41) is 2.92. The van der Waals surface area contributed by atoms with Crippen molar-refractivity contribution >= 4 is 11.6 Å². The lowest BCUT2D eigenvalue weighted by molar-refractivity contribution is -0.115. The summed E-state index contributed by atoms with van der Waals surface area (Å²) in [6.45, 7) is 0. The third-order valence-corrected chi connectivity index (χ3v) is 4.42. The van der Waals surface area contributed by atoms with Crippen molar-refractivity contribution in [3.63, 3.8) is 0 Å². The summed E-state index contributed by atoms with van der Waals surface area (Å²) in [6, 6.07) is 25.6. The molecule has 2 aromatic carbocycles. The standard InChI is InChI=1S/C24H19N3O/c28-24(16-18-5-4-8-21(15-18)19-11-13-25-14-12-19)27-22-9-10-23(26-17-22)20-6-2-1-3-7-20/h1-15,17H,16H2,(H,27,28). The van der Waals surface area contributed by atoms with Gasteiger partial charge in [-0.2, -0.15) is 0 Å². The van der Waals surface area contributed by atoms with Crippen LogP contribution in [0.5, 0.6) is 0 Å². The molecule has 0 spiro atoms. The van der Waals surface area contributed by atoms with Gasteiger partial charge in [-0.3, -0.25) is 14.8 Å². The second-order valence-electron chi connectivity index (χ2n) is 6.46. The molecule has 0 aliphatic heterocycles. The van der Waals surface area contributed by atoms with E-state index in [0.29, 0.717) is 12.1 Å². The van der Waals surface area contributed by atoms with Gasteiger partial charge in [0.25, 0.3) is 0 Å². The van der Waals surface area contributed by atoms with Gasteiger partial charge in [-0.25, -0.2) is 0 Å². The fraction of sp³-hybridized carbons (Fsp3) is 0.0417. The van der Waals surface area contributed by atoms with E-state index in [9.17, 15) is 4.79 Å². The Labute approximate surface area is 163 Å². The van der Waals surface area contributed by atoms with Crippen molar-refractivity contribution in [1.82, 2.24) is 9.97 Å². The number of amides is 1. The molecule has 2 heterocycles. The Balaban J connectivity index is 1.42. The largest absolute Gasteiger partial charge is 0.324 e. The minimum absolute atomic E-state index is 0.0684. The number of carbonyl (C=O) groups is 1. The number of pyridine rings is 2. The van der Waals surface area contributed by atoms with Crippen LogP contribution in [-0.4, -0.2) is 15.9 Å². The normalized spacial score (nSPS) is 10.4. The average Bonchev–Trinajstić information content (AvgIpc) is 2.76. The van der Waals surface area contributed by atoms with Crippen molar-refractivity contribution in [2.45, 2.75) is 6.42 Å². The Morgan fingerprint density at radius 3 is 2.32 bits per heavy atom. The van der Waals surface area contributed by atoms with E-state index in [1.807, 2.05) is 78.9 Å². The topological polar surface area (TPSA) is 54.9 Å². The number of anilines is 1. The van der Waals surface area contributed by atoms with Gasteiger partial charge in [-0.15, -0.1) is 0 Å². The fourth-order valence-corrected chi connectivity index (χ4v) is 3.04. The van der Waals surface area contributed by atoms with Crippen LogP contribution in [-0.2, 0) is 11.2 Å². The first-order valence-corrected chi connectivity index (χ1v) is 9.08. The zero-order chi connectivity index (χ0) is 19.2. The fourth-order valence-electron chi connectivity index (χ4n) is 3.04. The van der Waals surface area contributed by atoms with Crippen molar-refractivity contribution in [2.24, 2.45) is 0 Å². The minimum Gasteiger partial charge on any atom is -0.324 e. The molecule has 0 saturated heterocycles. The molecule has 4 nitrogen and oxygen atoms in total. The number of rotatable bonds is 5. The minimum atomic E-state index is -0.0684. The van der Waals surface area contributed by atoms with Gasteiger partial charge in [0.1, 0.15) is 0 Å². The van der Waals surface area contributed by atoms with Crippen LogP contribution in [0.3, 0.4) is 0 Å². The maximum absolute atomic E-state index is 12.4. The van der Waals surface area contributed by atoms with Crippen LogP contribution in [0.2, 0.25) is 0 Å². The maximum Gasteiger partial charge on any atom is 0.228 e. The van der Waals surface area contributed by atoms with Gasteiger partial charge in [0.2, 0.25) is 5.91 Å². The first-order valence-electron chi connectivity index (χ1n) is 9.08. The van der Waals surface area contributed by atoms with Crippen LogP contribution in [0.4, 0.5) is 5.69 Å². The summed E-state index contributed by atoms with van der Waals surface area (Å²) in [7, 11) is 0. The molecule has 1 N–H and O–H groups in total. The van der Waals surface area contributed by atoms with Crippen molar-refractivity contribution in [3.8, 4) is 22.4 Å². The number of nitrogens with one attached hydrogen (secondary N) is 1. The molecule has 0 radical (unpaired) electrons. The molecule has 136 valence electrons. The number of carbonyl (C=O) groups excluding carboxylic acids is 1. The van der Waals surface area contributed by atoms with E-state index in [1.165, 1.54) is 0 Å². The molecule has 0 saturated carbocycles. The average molecular weight is 365 g/mol. The highest BCUT2D eigenvalue weighted by atomic mass is 16.1. The third kappa shape index (κ3) is 4.30. The quantitative estimate of drug-likeness (QED) is 0.542. The van der Waals surface area contributed by atoms with E-state index >= 15 is 0 Å². The van der Waals surface area contributed by atoms with Gasteiger partial charge in [-0.1, -0.05) is 54.6 Å². The SMILES string of the molecule is O=C(Cc1cccc(-c2ccncc2)c1)Nc1ccc(-c2ccccc2)nc1. The molecular weight excluding hydrogens is 346 g/mol. The summed E-state index contributed by atoms with van der Waals surface area (Å²) in [6.07, 6.45) is 5.52. The molecule has 4 heteroatoms. The van der Waals surface area contributed by atoms with E-state index in [2.05, 4.69) is 15.3 Å². The Morgan fingerprint density at radius 2 is 1.57 bits per heavy atom. The number of benzene rings is 2. The molecule has 1 amide bonds. The molecule has 0 atom stereocenters. The summed E-state index contributed by atoms with van der Waals surface area (Å²) in [5.41, 5.74) is 5.73.